The number of amides is 1. The van der Waals surface area contributed by atoms with Crippen LogP contribution >= 0.6 is 15.9 Å². The van der Waals surface area contributed by atoms with Crippen molar-refractivity contribution in [2.24, 2.45) is 5.92 Å². The molecule has 1 saturated carbocycles. The Bertz CT molecular complexity index is 134. The molecule has 0 heterocycles. The molecule has 10 heavy (non-hydrogen) atoms. The van der Waals surface area contributed by atoms with Crippen molar-refractivity contribution in [1.82, 2.24) is 4.90 Å². The van der Waals surface area contributed by atoms with E-state index in [0.29, 0.717) is 11.8 Å². The van der Waals surface area contributed by atoms with Crippen LogP contribution in [-0.4, -0.2) is 29.7 Å². The zero-order valence-electron chi connectivity index (χ0n) is 6.14. The van der Waals surface area contributed by atoms with Gasteiger partial charge in [-0.15, -0.1) is 0 Å². The summed E-state index contributed by atoms with van der Waals surface area (Å²) in [6.45, 7) is 0.829. The second-order valence-corrected chi connectivity index (χ2v) is 3.52. The standard InChI is InChI=1S/C7H12BrNO/c1-9(5-4-8)7(10)6-2-3-6/h6H,2-5H2,1H3. The molecule has 58 valence electrons. The number of hydrogen-bond donors (Lipinski definition) is 0. The molecule has 0 saturated heterocycles. The zero-order chi connectivity index (χ0) is 7.56. The molecule has 0 aliphatic heterocycles. The van der Waals surface area contributed by atoms with E-state index < -0.39 is 0 Å². The van der Waals surface area contributed by atoms with E-state index >= 15 is 0 Å². The number of halogens is 1. The summed E-state index contributed by atoms with van der Waals surface area (Å²) in [6.07, 6.45) is 2.21. The third kappa shape index (κ3) is 1.97. The Hall–Kier alpha value is -0.0500. The van der Waals surface area contributed by atoms with Gasteiger partial charge in [-0.1, -0.05) is 15.9 Å². The Morgan fingerprint density at radius 1 is 1.70 bits per heavy atom. The lowest BCUT2D eigenvalue weighted by molar-refractivity contribution is -0.130. The highest BCUT2D eigenvalue weighted by Crippen LogP contribution is 2.30. The fraction of sp³-hybridized carbons (Fsp3) is 0.857. The molecule has 1 fully saturated rings. The average molecular weight is 206 g/mol. The van der Waals surface area contributed by atoms with Crippen LogP contribution in [0.2, 0.25) is 0 Å². The topological polar surface area (TPSA) is 20.3 Å². The maximum absolute atomic E-state index is 11.2. The summed E-state index contributed by atoms with van der Waals surface area (Å²) in [5.41, 5.74) is 0. The van der Waals surface area contributed by atoms with Crippen molar-refractivity contribution in [2.45, 2.75) is 12.8 Å². The Labute approximate surface area is 69.7 Å². The van der Waals surface area contributed by atoms with Gasteiger partial charge in [-0.3, -0.25) is 4.79 Å². The van der Waals surface area contributed by atoms with Gasteiger partial charge in [0.1, 0.15) is 0 Å². The summed E-state index contributed by atoms with van der Waals surface area (Å²) in [5.74, 6) is 0.684. The van der Waals surface area contributed by atoms with Gasteiger partial charge in [0.05, 0.1) is 0 Å². The molecule has 3 heteroatoms. The first kappa shape index (κ1) is 8.05. The molecule has 1 rings (SSSR count). The number of rotatable bonds is 3. The van der Waals surface area contributed by atoms with Gasteiger partial charge in [-0.05, 0) is 12.8 Å². The van der Waals surface area contributed by atoms with Gasteiger partial charge in [-0.25, -0.2) is 0 Å². The van der Waals surface area contributed by atoms with E-state index in [-0.39, 0.29) is 0 Å². The van der Waals surface area contributed by atoms with Crippen LogP contribution < -0.4 is 0 Å². The van der Waals surface area contributed by atoms with Gasteiger partial charge < -0.3 is 4.90 Å². The van der Waals surface area contributed by atoms with Crippen molar-refractivity contribution in [3.63, 3.8) is 0 Å². The molecule has 0 atom stereocenters. The fourth-order valence-electron chi connectivity index (χ4n) is 0.879. The summed E-state index contributed by atoms with van der Waals surface area (Å²) in [6, 6.07) is 0. The van der Waals surface area contributed by atoms with Crippen molar-refractivity contribution in [1.29, 1.82) is 0 Å². The van der Waals surface area contributed by atoms with E-state index in [1.54, 1.807) is 4.90 Å². The molecule has 1 amide bonds. The third-order valence-corrected chi connectivity index (χ3v) is 2.08. The van der Waals surface area contributed by atoms with Crippen LogP contribution in [-0.2, 0) is 4.79 Å². The predicted molar refractivity (Wildman–Crippen MR) is 44.2 cm³/mol. The van der Waals surface area contributed by atoms with Crippen LogP contribution in [0.15, 0.2) is 0 Å². The molecule has 0 unspecified atom stereocenters. The van der Waals surface area contributed by atoms with Crippen LogP contribution in [0.1, 0.15) is 12.8 Å². The van der Waals surface area contributed by atoms with Crippen molar-refractivity contribution < 1.29 is 4.79 Å². The van der Waals surface area contributed by atoms with Crippen molar-refractivity contribution in [3.8, 4) is 0 Å². The zero-order valence-corrected chi connectivity index (χ0v) is 7.73. The number of hydrogen-bond acceptors (Lipinski definition) is 1. The van der Waals surface area contributed by atoms with E-state index in [1.807, 2.05) is 7.05 Å². The summed E-state index contributed by atoms with van der Waals surface area (Å²) < 4.78 is 0. The van der Waals surface area contributed by atoms with E-state index in [4.69, 9.17) is 0 Å². The first-order valence-corrected chi connectivity index (χ1v) is 4.69. The van der Waals surface area contributed by atoms with Crippen LogP contribution in [0.3, 0.4) is 0 Å². The minimum Gasteiger partial charge on any atom is -0.345 e. The maximum atomic E-state index is 11.2. The second-order valence-electron chi connectivity index (χ2n) is 2.72. The minimum atomic E-state index is 0.319. The van der Waals surface area contributed by atoms with Crippen LogP contribution in [0.5, 0.6) is 0 Å². The van der Waals surface area contributed by atoms with Crippen LogP contribution in [0.25, 0.3) is 0 Å². The van der Waals surface area contributed by atoms with Gasteiger partial charge in [0.25, 0.3) is 0 Å². The molecule has 1 aliphatic carbocycles. The average Bonchev–Trinajstić information content (AvgIpc) is 2.68. The molecule has 0 aromatic rings. The number of carbonyl (C=O) groups is 1. The predicted octanol–water partition coefficient (Wildman–Crippen LogP) is 1.25. The monoisotopic (exact) mass is 205 g/mol. The lowest BCUT2D eigenvalue weighted by Gasteiger charge is -2.14. The number of nitrogens with zero attached hydrogens (tertiary/aromatic N) is 1. The maximum Gasteiger partial charge on any atom is 0.225 e. The molecule has 0 N–H and O–H groups in total. The number of carbonyl (C=O) groups excluding carboxylic acids is 1. The molecular formula is C7H12BrNO. The molecular weight excluding hydrogens is 194 g/mol. The van der Waals surface area contributed by atoms with Gasteiger partial charge >= 0.3 is 0 Å². The van der Waals surface area contributed by atoms with E-state index in [0.717, 1.165) is 24.7 Å². The highest BCUT2D eigenvalue weighted by molar-refractivity contribution is 9.09. The smallest absolute Gasteiger partial charge is 0.225 e. The van der Waals surface area contributed by atoms with Gasteiger partial charge in [0.15, 0.2) is 0 Å². The van der Waals surface area contributed by atoms with E-state index in [2.05, 4.69) is 15.9 Å². The fourth-order valence-corrected chi connectivity index (χ4v) is 1.41. The number of alkyl halides is 1. The van der Waals surface area contributed by atoms with Gasteiger partial charge in [0.2, 0.25) is 5.91 Å². The largest absolute Gasteiger partial charge is 0.345 e. The van der Waals surface area contributed by atoms with Gasteiger partial charge in [-0.2, -0.15) is 0 Å². The molecule has 0 spiro atoms. The Kier molecular flexibility index (Phi) is 2.72. The van der Waals surface area contributed by atoms with Crippen molar-refractivity contribution in [2.75, 3.05) is 18.9 Å². The van der Waals surface area contributed by atoms with E-state index in [1.165, 1.54) is 0 Å². The Balaban J connectivity index is 2.24. The molecule has 0 radical (unpaired) electrons. The quantitative estimate of drug-likeness (QED) is 0.636. The summed E-state index contributed by atoms with van der Waals surface area (Å²) in [7, 11) is 1.86. The summed E-state index contributed by atoms with van der Waals surface area (Å²) >= 11 is 3.29. The SMILES string of the molecule is CN(CCBr)C(=O)C1CC1. The van der Waals surface area contributed by atoms with Crippen molar-refractivity contribution in [3.05, 3.63) is 0 Å². The molecule has 0 aromatic carbocycles. The highest BCUT2D eigenvalue weighted by Gasteiger charge is 2.31. The van der Waals surface area contributed by atoms with Crippen LogP contribution in [0, 0.1) is 5.92 Å². The molecule has 2 nitrogen and oxygen atoms in total. The lowest BCUT2D eigenvalue weighted by atomic mass is 10.4. The molecule has 0 bridgehead atoms. The van der Waals surface area contributed by atoms with Crippen molar-refractivity contribution >= 4 is 21.8 Å². The molecule has 0 aromatic heterocycles. The Morgan fingerprint density at radius 2 is 2.30 bits per heavy atom. The minimum absolute atomic E-state index is 0.319. The van der Waals surface area contributed by atoms with Crippen LogP contribution in [0.4, 0.5) is 0 Å². The third-order valence-electron chi connectivity index (χ3n) is 1.72. The van der Waals surface area contributed by atoms with E-state index in [9.17, 15) is 4.79 Å². The highest BCUT2D eigenvalue weighted by atomic mass is 79.9. The molecule has 1 aliphatic rings. The van der Waals surface area contributed by atoms with Gasteiger partial charge in [0, 0.05) is 24.8 Å². The first-order valence-electron chi connectivity index (χ1n) is 3.56. The first-order chi connectivity index (χ1) is 4.75. The summed E-state index contributed by atoms with van der Waals surface area (Å²) in [4.78, 5) is 13.0. The normalized spacial score (nSPS) is 17.0. The lowest BCUT2D eigenvalue weighted by Crippen LogP contribution is -2.29. The Morgan fingerprint density at radius 3 is 2.70 bits per heavy atom. The summed E-state index contributed by atoms with van der Waals surface area (Å²) in [5, 5.41) is 0.877. The second kappa shape index (κ2) is 3.37.